The standard InChI is InChI=1S/C13H28N4O/c1-11(2,14)8-13(9-12(13,3)15)10(18)16-6-7-17(4)5/h6-9,14-15H2,1-5H3,(H,16,18). The molecule has 0 saturated heterocycles. The molecule has 0 aromatic rings. The van der Waals surface area contributed by atoms with E-state index in [4.69, 9.17) is 11.5 Å². The number of rotatable bonds is 6. The van der Waals surface area contributed by atoms with Gasteiger partial charge in [0.05, 0.1) is 5.41 Å². The summed E-state index contributed by atoms with van der Waals surface area (Å²) in [7, 11) is 3.96. The lowest BCUT2D eigenvalue weighted by Gasteiger charge is -2.28. The predicted molar refractivity (Wildman–Crippen MR) is 74.1 cm³/mol. The van der Waals surface area contributed by atoms with E-state index in [-0.39, 0.29) is 11.4 Å². The molecule has 2 atom stereocenters. The van der Waals surface area contributed by atoms with Crippen LogP contribution in [0.25, 0.3) is 0 Å². The molecule has 1 aliphatic rings. The Morgan fingerprint density at radius 2 is 1.94 bits per heavy atom. The average Bonchev–Trinajstić information content (AvgIpc) is 2.65. The molecule has 0 radical (unpaired) electrons. The van der Waals surface area contributed by atoms with Gasteiger partial charge in [-0.2, -0.15) is 0 Å². The molecule has 1 rings (SSSR count). The smallest absolute Gasteiger partial charge is 0.228 e. The van der Waals surface area contributed by atoms with Crippen molar-refractivity contribution in [2.45, 2.75) is 44.7 Å². The molecule has 0 spiro atoms. The molecule has 5 nitrogen and oxygen atoms in total. The number of nitrogens with zero attached hydrogens (tertiary/aromatic N) is 1. The number of amides is 1. The summed E-state index contributed by atoms with van der Waals surface area (Å²) in [4.78, 5) is 14.4. The molecule has 5 N–H and O–H groups in total. The van der Waals surface area contributed by atoms with Gasteiger partial charge in [0.2, 0.25) is 5.91 Å². The lowest BCUT2D eigenvalue weighted by atomic mass is 9.85. The lowest BCUT2D eigenvalue weighted by molar-refractivity contribution is -0.127. The maximum Gasteiger partial charge on any atom is 0.228 e. The first kappa shape index (κ1) is 15.4. The van der Waals surface area contributed by atoms with Crippen LogP contribution in [0.1, 0.15) is 33.6 Å². The van der Waals surface area contributed by atoms with E-state index in [2.05, 4.69) is 5.32 Å². The number of hydrogen-bond acceptors (Lipinski definition) is 4. The number of nitrogens with one attached hydrogen (secondary N) is 1. The molecule has 1 saturated carbocycles. The molecule has 106 valence electrons. The second kappa shape index (κ2) is 4.79. The Hall–Kier alpha value is -0.650. The van der Waals surface area contributed by atoms with Crippen LogP contribution >= 0.6 is 0 Å². The molecule has 0 aromatic heterocycles. The van der Waals surface area contributed by atoms with Gasteiger partial charge in [-0.3, -0.25) is 4.79 Å². The third-order valence-corrected chi connectivity index (χ3v) is 3.67. The summed E-state index contributed by atoms with van der Waals surface area (Å²) >= 11 is 0. The first-order valence-electron chi connectivity index (χ1n) is 6.51. The van der Waals surface area contributed by atoms with E-state index < -0.39 is 11.0 Å². The molecule has 1 aliphatic carbocycles. The number of carbonyl (C=O) groups is 1. The maximum atomic E-state index is 12.3. The van der Waals surface area contributed by atoms with Crippen LogP contribution in [0.4, 0.5) is 0 Å². The summed E-state index contributed by atoms with van der Waals surface area (Å²) in [6, 6.07) is 0. The Balaban J connectivity index is 2.62. The van der Waals surface area contributed by atoms with E-state index in [1.54, 1.807) is 0 Å². The molecular formula is C13H28N4O. The minimum absolute atomic E-state index is 0.0490. The Labute approximate surface area is 110 Å². The van der Waals surface area contributed by atoms with Gasteiger partial charge in [-0.1, -0.05) is 0 Å². The number of carbonyl (C=O) groups excluding carboxylic acids is 1. The van der Waals surface area contributed by atoms with Crippen LogP contribution in [0.5, 0.6) is 0 Å². The van der Waals surface area contributed by atoms with Crippen LogP contribution in [0.15, 0.2) is 0 Å². The van der Waals surface area contributed by atoms with Crippen molar-refractivity contribution < 1.29 is 4.79 Å². The summed E-state index contributed by atoms with van der Waals surface area (Å²) in [5.74, 6) is 0.0490. The van der Waals surface area contributed by atoms with Crippen molar-refractivity contribution >= 4 is 5.91 Å². The van der Waals surface area contributed by atoms with Crippen molar-refractivity contribution in [2.75, 3.05) is 27.2 Å². The van der Waals surface area contributed by atoms with Crippen molar-refractivity contribution in [3.8, 4) is 0 Å². The van der Waals surface area contributed by atoms with Gasteiger partial charge in [-0.25, -0.2) is 0 Å². The molecule has 5 heteroatoms. The van der Waals surface area contributed by atoms with Gasteiger partial charge in [0, 0.05) is 24.2 Å². The number of hydrogen-bond donors (Lipinski definition) is 3. The topological polar surface area (TPSA) is 84.4 Å². The molecule has 0 aliphatic heterocycles. The molecular weight excluding hydrogens is 228 g/mol. The van der Waals surface area contributed by atoms with Crippen LogP contribution in [0.3, 0.4) is 0 Å². The third-order valence-electron chi connectivity index (χ3n) is 3.67. The summed E-state index contributed by atoms with van der Waals surface area (Å²) in [6.45, 7) is 7.29. The molecule has 18 heavy (non-hydrogen) atoms. The fourth-order valence-electron chi connectivity index (χ4n) is 2.61. The zero-order chi connectivity index (χ0) is 14.2. The van der Waals surface area contributed by atoms with Gasteiger partial charge in [0.1, 0.15) is 0 Å². The minimum Gasteiger partial charge on any atom is -0.354 e. The lowest BCUT2D eigenvalue weighted by Crippen LogP contribution is -2.47. The van der Waals surface area contributed by atoms with Crippen molar-refractivity contribution in [1.82, 2.24) is 10.2 Å². The minimum atomic E-state index is -0.489. The monoisotopic (exact) mass is 256 g/mol. The van der Waals surface area contributed by atoms with Crippen LogP contribution < -0.4 is 16.8 Å². The molecule has 0 aromatic carbocycles. The highest BCUT2D eigenvalue weighted by atomic mass is 16.2. The van der Waals surface area contributed by atoms with Crippen LogP contribution in [-0.2, 0) is 4.79 Å². The van der Waals surface area contributed by atoms with Crippen molar-refractivity contribution in [1.29, 1.82) is 0 Å². The normalized spacial score (nSPS) is 31.6. The van der Waals surface area contributed by atoms with Gasteiger partial charge in [0.15, 0.2) is 0 Å². The molecule has 2 unspecified atom stereocenters. The molecule has 1 amide bonds. The van der Waals surface area contributed by atoms with Crippen molar-refractivity contribution in [3.63, 3.8) is 0 Å². The van der Waals surface area contributed by atoms with Crippen molar-refractivity contribution in [3.05, 3.63) is 0 Å². The predicted octanol–water partition coefficient (Wildman–Crippen LogP) is -0.101. The van der Waals surface area contributed by atoms with Crippen LogP contribution in [-0.4, -0.2) is 49.1 Å². The highest BCUT2D eigenvalue weighted by molar-refractivity contribution is 5.88. The van der Waals surface area contributed by atoms with Gasteiger partial charge in [-0.15, -0.1) is 0 Å². The highest BCUT2D eigenvalue weighted by Crippen LogP contribution is 2.58. The summed E-state index contributed by atoms with van der Waals surface area (Å²) in [5, 5.41) is 2.98. The fourth-order valence-corrected chi connectivity index (χ4v) is 2.61. The first-order valence-corrected chi connectivity index (χ1v) is 6.51. The first-order chi connectivity index (χ1) is 8.00. The Morgan fingerprint density at radius 3 is 2.28 bits per heavy atom. The SMILES string of the molecule is CN(C)CCNC(=O)C1(CC(C)(C)N)CC1(C)N. The van der Waals surface area contributed by atoms with E-state index >= 15 is 0 Å². The Bertz CT molecular complexity index is 319. The quantitative estimate of drug-likeness (QED) is 0.619. The summed E-state index contributed by atoms with van der Waals surface area (Å²) in [5.41, 5.74) is 10.9. The van der Waals surface area contributed by atoms with E-state index in [1.165, 1.54) is 0 Å². The second-order valence-electron chi connectivity index (χ2n) is 6.90. The van der Waals surface area contributed by atoms with Gasteiger partial charge < -0.3 is 21.7 Å². The largest absolute Gasteiger partial charge is 0.354 e. The zero-order valence-electron chi connectivity index (χ0n) is 12.3. The molecule has 1 fully saturated rings. The van der Waals surface area contributed by atoms with Crippen LogP contribution in [0, 0.1) is 5.41 Å². The summed E-state index contributed by atoms with van der Waals surface area (Å²) < 4.78 is 0. The van der Waals surface area contributed by atoms with Crippen LogP contribution in [0.2, 0.25) is 0 Å². The van der Waals surface area contributed by atoms with Gasteiger partial charge in [-0.05, 0) is 47.7 Å². The Kier molecular flexibility index (Phi) is 4.10. The summed E-state index contributed by atoms with van der Waals surface area (Å²) in [6.07, 6.45) is 1.34. The third kappa shape index (κ3) is 3.43. The highest BCUT2D eigenvalue weighted by Gasteiger charge is 2.67. The average molecular weight is 256 g/mol. The van der Waals surface area contributed by atoms with Crippen molar-refractivity contribution in [2.24, 2.45) is 16.9 Å². The molecule has 0 heterocycles. The second-order valence-corrected chi connectivity index (χ2v) is 6.90. The Morgan fingerprint density at radius 1 is 1.44 bits per heavy atom. The zero-order valence-corrected chi connectivity index (χ0v) is 12.3. The van der Waals surface area contributed by atoms with E-state index in [0.717, 1.165) is 6.54 Å². The maximum absolute atomic E-state index is 12.3. The number of likely N-dealkylation sites (N-methyl/N-ethyl adjacent to an activating group) is 1. The van der Waals surface area contributed by atoms with E-state index in [0.29, 0.717) is 19.4 Å². The van der Waals surface area contributed by atoms with E-state index in [1.807, 2.05) is 39.8 Å². The number of nitrogens with two attached hydrogens (primary N) is 2. The van der Waals surface area contributed by atoms with Gasteiger partial charge >= 0.3 is 0 Å². The fraction of sp³-hybridized carbons (Fsp3) is 0.923. The van der Waals surface area contributed by atoms with E-state index in [9.17, 15) is 4.79 Å². The van der Waals surface area contributed by atoms with Gasteiger partial charge in [0.25, 0.3) is 0 Å². The molecule has 0 bridgehead atoms.